The van der Waals surface area contributed by atoms with Gasteiger partial charge in [0.25, 0.3) is 0 Å². The van der Waals surface area contributed by atoms with Gasteiger partial charge in [-0.15, -0.1) is 9.05 Å². The number of halogens is 4. The molecule has 3 aliphatic rings. The molecule has 2 N–H and O–H groups in total. The van der Waals surface area contributed by atoms with Crippen molar-refractivity contribution < 1.29 is 50.1 Å². The summed E-state index contributed by atoms with van der Waals surface area (Å²) in [6.07, 6.45) is 8.52. The van der Waals surface area contributed by atoms with Gasteiger partial charge in [0.15, 0.2) is 23.3 Å². The quantitative estimate of drug-likeness (QED) is 0.0459. The fourth-order valence-electron chi connectivity index (χ4n) is 8.70. The Labute approximate surface area is 355 Å². The number of nitrogens with zero attached hydrogens (tertiary/aromatic N) is 5. The maximum atomic E-state index is 14.2. The van der Waals surface area contributed by atoms with Gasteiger partial charge in [-0.05, 0) is 62.6 Å². The SMILES string of the molecule is CC1(C)O[C@H]2[C@H](c3ccc4c(N)ncnn34)O[C@]3(C#N)C(O[P+](=O)OC[C@H](CCCCCCCCCCCCCCCCCC(F)(F)F)OCc4cc(F)cc(C#N)c4)[C@]23O1. The first kappa shape index (κ1) is 46.7. The van der Waals surface area contributed by atoms with E-state index in [1.807, 2.05) is 6.07 Å². The van der Waals surface area contributed by atoms with Gasteiger partial charge in [-0.3, -0.25) is 0 Å². The minimum atomic E-state index is -4.04. The number of unbranched alkanes of at least 4 members (excludes halogenated alkanes) is 14. The molecule has 2 aromatic heterocycles. The smallest absolute Gasteiger partial charge is 0.382 e. The van der Waals surface area contributed by atoms with E-state index in [0.29, 0.717) is 29.6 Å². The molecule has 13 nitrogen and oxygen atoms in total. The summed E-state index contributed by atoms with van der Waals surface area (Å²) < 4.78 is 103. The Balaban J connectivity index is 0.947. The Morgan fingerprint density at radius 3 is 2.20 bits per heavy atom. The first-order valence-electron chi connectivity index (χ1n) is 21.4. The Morgan fingerprint density at radius 1 is 0.934 bits per heavy atom. The van der Waals surface area contributed by atoms with Crippen LogP contribution in [0.25, 0.3) is 5.52 Å². The van der Waals surface area contributed by atoms with Crippen LogP contribution in [0, 0.1) is 28.5 Å². The molecular weight excluding hydrogens is 819 g/mol. The van der Waals surface area contributed by atoms with Crippen molar-refractivity contribution in [1.29, 1.82) is 10.5 Å². The molecule has 2 saturated heterocycles. The van der Waals surface area contributed by atoms with E-state index in [9.17, 15) is 32.7 Å². The van der Waals surface area contributed by atoms with Crippen molar-refractivity contribution in [3.05, 3.63) is 59.3 Å². The number of rotatable bonds is 26. The third-order valence-electron chi connectivity index (χ3n) is 11.7. The highest BCUT2D eigenvalue weighted by Crippen LogP contribution is 2.72. The fraction of sp³-hybridized carbons (Fsp3) is 0.674. The number of aromatic nitrogens is 3. The van der Waals surface area contributed by atoms with Crippen molar-refractivity contribution in [2.24, 2.45) is 0 Å². The Morgan fingerprint density at radius 2 is 1.57 bits per heavy atom. The molecule has 2 aliphatic heterocycles. The molecule has 1 aliphatic carbocycles. The maximum Gasteiger partial charge on any atom is 0.698 e. The van der Waals surface area contributed by atoms with Crippen LogP contribution in [-0.4, -0.2) is 62.7 Å². The summed E-state index contributed by atoms with van der Waals surface area (Å²) in [7, 11) is -2.80. The molecule has 18 heteroatoms. The van der Waals surface area contributed by atoms with Crippen molar-refractivity contribution in [3.8, 4) is 12.1 Å². The molecule has 7 atom stereocenters. The van der Waals surface area contributed by atoms with E-state index in [0.717, 1.165) is 76.7 Å². The van der Waals surface area contributed by atoms with E-state index in [1.165, 1.54) is 25.2 Å². The number of hydrogen-bond acceptors (Lipinski definition) is 12. The number of hydrogen-bond donors (Lipinski definition) is 1. The molecule has 3 aromatic rings. The van der Waals surface area contributed by atoms with E-state index < -0.39 is 68.1 Å². The monoisotopic (exact) mass is 875 g/mol. The van der Waals surface area contributed by atoms with Crippen molar-refractivity contribution in [1.82, 2.24) is 14.6 Å². The molecule has 3 fully saturated rings. The van der Waals surface area contributed by atoms with Gasteiger partial charge in [0, 0.05) is 11.0 Å². The minimum absolute atomic E-state index is 0.00546. The molecule has 4 heterocycles. The maximum absolute atomic E-state index is 14.2. The highest BCUT2D eigenvalue weighted by molar-refractivity contribution is 7.33. The molecule has 1 spiro atoms. The van der Waals surface area contributed by atoms with Crippen molar-refractivity contribution in [2.75, 3.05) is 12.3 Å². The topological polar surface area (TPSA) is 176 Å². The van der Waals surface area contributed by atoms with E-state index >= 15 is 0 Å². The van der Waals surface area contributed by atoms with Crippen LogP contribution in [0.1, 0.15) is 146 Å². The Bertz CT molecular complexity index is 2040. The molecule has 61 heavy (non-hydrogen) atoms. The van der Waals surface area contributed by atoms with Gasteiger partial charge < -0.3 is 24.7 Å². The highest BCUT2D eigenvalue weighted by Gasteiger charge is 2.97. The minimum Gasteiger partial charge on any atom is -0.382 e. The number of anilines is 1. The Kier molecular flexibility index (Phi) is 15.8. The largest absolute Gasteiger partial charge is 0.698 e. The van der Waals surface area contributed by atoms with Gasteiger partial charge in [-0.1, -0.05) is 89.9 Å². The number of nitriles is 2. The predicted octanol–water partition coefficient (Wildman–Crippen LogP) is 10.4. The molecule has 0 bridgehead atoms. The summed E-state index contributed by atoms with van der Waals surface area (Å²) >= 11 is 0. The average molecular weight is 876 g/mol. The summed E-state index contributed by atoms with van der Waals surface area (Å²) in [6.45, 7) is 3.33. The van der Waals surface area contributed by atoms with E-state index in [-0.39, 0.29) is 31.0 Å². The van der Waals surface area contributed by atoms with Gasteiger partial charge in [0.1, 0.15) is 42.5 Å². The molecule has 332 valence electrons. The van der Waals surface area contributed by atoms with Crippen LogP contribution in [0.15, 0.2) is 36.7 Å². The zero-order valence-corrected chi connectivity index (χ0v) is 35.7. The van der Waals surface area contributed by atoms with Crippen LogP contribution in [0.5, 0.6) is 0 Å². The molecule has 1 aromatic carbocycles. The second-order valence-corrected chi connectivity index (χ2v) is 17.7. The van der Waals surface area contributed by atoms with Crippen molar-refractivity contribution in [2.45, 2.75) is 177 Å². The lowest BCUT2D eigenvalue weighted by atomic mass is 10.0. The summed E-state index contributed by atoms with van der Waals surface area (Å²) in [5.41, 5.74) is 4.75. The van der Waals surface area contributed by atoms with Crippen LogP contribution in [0.3, 0.4) is 0 Å². The van der Waals surface area contributed by atoms with Gasteiger partial charge in [0.2, 0.25) is 5.60 Å². The third kappa shape index (κ3) is 11.4. The number of benzene rings is 1. The summed E-state index contributed by atoms with van der Waals surface area (Å²) in [4.78, 5) is 4.03. The highest BCUT2D eigenvalue weighted by atomic mass is 31.1. The van der Waals surface area contributed by atoms with E-state index in [1.54, 1.807) is 36.6 Å². The van der Waals surface area contributed by atoms with Crippen LogP contribution in [0.4, 0.5) is 23.4 Å². The van der Waals surface area contributed by atoms with Crippen LogP contribution in [-0.2, 0) is 39.2 Å². The zero-order valence-electron chi connectivity index (χ0n) is 34.8. The second-order valence-electron chi connectivity index (χ2n) is 16.8. The van der Waals surface area contributed by atoms with E-state index in [4.69, 9.17) is 33.7 Å². The number of fused-ring (bicyclic) bond motifs is 1. The Hall–Kier alpha value is -3.80. The van der Waals surface area contributed by atoms with Gasteiger partial charge in [-0.2, -0.15) is 28.8 Å². The van der Waals surface area contributed by atoms with Crippen LogP contribution >= 0.6 is 8.25 Å². The lowest BCUT2D eigenvalue weighted by Gasteiger charge is -2.23. The molecule has 6 rings (SSSR count). The molecule has 0 amide bonds. The van der Waals surface area contributed by atoms with Crippen molar-refractivity contribution in [3.63, 3.8) is 0 Å². The number of nitrogens with two attached hydrogens (primary N) is 1. The summed E-state index contributed by atoms with van der Waals surface area (Å²) in [5.74, 6) is -1.41. The fourth-order valence-corrected chi connectivity index (χ4v) is 9.52. The lowest BCUT2D eigenvalue weighted by Crippen LogP contribution is -2.32. The predicted molar refractivity (Wildman–Crippen MR) is 215 cm³/mol. The second kappa shape index (κ2) is 20.6. The number of ether oxygens (including phenoxy) is 4. The summed E-state index contributed by atoms with van der Waals surface area (Å²) in [5, 5.41) is 24.1. The first-order valence-corrected chi connectivity index (χ1v) is 22.5. The zero-order chi connectivity index (χ0) is 43.7. The van der Waals surface area contributed by atoms with E-state index in [2.05, 4.69) is 16.2 Å². The van der Waals surface area contributed by atoms with Crippen LogP contribution < -0.4 is 5.73 Å². The van der Waals surface area contributed by atoms with Crippen molar-refractivity contribution >= 4 is 19.6 Å². The van der Waals surface area contributed by atoms with Gasteiger partial charge in [-0.25, -0.2) is 13.9 Å². The van der Waals surface area contributed by atoms with Gasteiger partial charge >= 0.3 is 14.4 Å². The molecule has 1 saturated carbocycles. The lowest BCUT2D eigenvalue weighted by molar-refractivity contribution is -0.182. The molecular formula is C43H56F4N6O7P+. The molecule has 0 radical (unpaired) electrons. The third-order valence-corrected chi connectivity index (χ3v) is 12.4. The number of nitrogen functional groups attached to an aromatic ring is 1. The summed E-state index contributed by atoms with van der Waals surface area (Å²) in [6, 6.07) is 11.7. The van der Waals surface area contributed by atoms with Crippen LogP contribution in [0.2, 0.25) is 0 Å². The number of alkyl halides is 3. The molecule has 2 unspecified atom stereocenters. The average Bonchev–Trinajstić information content (AvgIpc) is 3.55. The van der Waals surface area contributed by atoms with Gasteiger partial charge in [0.05, 0.1) is 30.0 Å². The normalized spacial score (nSPS) is 24.6. The first-order chi connectivity index (χ1) is 29.2. The standard InChI is InChI=1S/C43H56F4N6O7P/c1-40(2)58-37-36(34-19-20-35-38(50)51-29-52-53(34)35)57-41(28-49)39(43(37,41)60-40)59-61(54)56-27-33(55-26-31-22-30(25-48)23-32(44)24-31)18-16-14-12-10-8-6-4-3-5-7-9-11-13-15-17-21-42(45,46)47/h19-20,22-24,29,33,36-37,39H,3-18,21,26-27H2,1-2H3,(H2,50,51,52)/q+1/t33-,36-,37-,39?,41+,43+/m0/s1.